The second kappa shape index (κ2) is 7.33. The number of nitrogens with one attached hydrogen (secondary N) is 1. The second-order valence-electron chi connectivity index (χ2n) is 4.92. The molecule has 2 rings (SSSR count). The minimum atomic E-state index is -0.793. The number of benzene rings is 2. The van der Waals surface area contributed by atoms with Crippen molar-refractivity contribution in [2.75, 3.05) is 11.9 Å². The number of para-hydroxylation sites is 1. The molecule has 3 nitrogen and oxygen atoms in total. The fourth-order valence-electron chi connectivity index (χ4n) is 1.99. The van der Waals surface area contributed by atoms with Crippen LogP contribution in [0, 0.1) is 11.6 Å². The van der Waals surface area contributed by atoms with Crippen molar-refractivity contribution in [2.24, 2.45) is 0 Å². The molecule has 0 saturated carbocycles. The van der Waals surface area contributed by atoms with E-state index in [9.17, 15) is 13.6 Å². The van der Waals surface area contributed by atoms with Gasteiger partial charge in [-0.15, -0.1) is 0 Å². The number of amides is 1. The fourth-order valence-corrected chi connectivity index (χ4v) is 2.12. The zero-order valence-electron chi connectivity index (χ0n) is 11.9. The van der Waals surface area contributed by atoms with Gasteiger partial charge in [-0.3, -0.25) is 4.79 Å². The van der Waals surface area contributed by atoms with Crippen LogP contribution < -0.4 is 10.6 Å². The number of quaternary nitrogens is 1. The Morgan fingerprint density at radius 3 is 2.36 bits per heavy atom. The molecule has 0 heterocycles. The van der Waals surface area contributed by atoms with E-state index in [0.717, 1.165) is 17.7 Å². The molecule has 0 aliphatic carbocycles. The van der Waals surface area contributed by atoms with Crippen molar-refractivity contribution in [3.63, 3.8) is 0 Å². The molecule has 0 aromatic heterocycles. The van der Waals surface area contributed by atoms with Gasteiger partial charge in [0.15, 0.2) is 6.54 Å². The van der Waals surface area contributed by atoms with E-state index in [0.29, 0.717) is 5.02 Å². The van der Waals surface area contributed by atoms with Crippen molar-refractivity contribution in [1.29, 1.82) is 0 Å². The predicted molar refractivity (Wildman–Crippen MR) is 81.6 cm³/mol. The maximum atomic E-state index is 13.4. The first-order valence-corrected chi connectivity index (χ1v) is 7.18. The van der Waals surface area contributed by atoms with Crippen molar-refractivity contribution in [1.82, 2.24) is 0 Å². The van der Waals surface area contributed by atoms with E-state index in [-0.39, 0.29) is 12.6 Å². The maximum absolute atomic E-state index is 13.4. The lowest BCUT2D eigenvalue weighted by Gasteiger charge is -2.12. The molecule has 1 amide bonds. The lowest BCUT2D eigenvalue weighted by molar-refractivity contribution is -0.682. The third kappa shape index (κ3) is 4.26. The monoisotopic (exact) mass is 325 g/mol. The van der Waals surface area contributed by atoms with Crippen LogP contribution in [0.5, 0.6) is 0 Å². The summed E-state index contributed by atoms with van der Waals surface area (Å²) in [4.78, 5) is 11.8. The van der Waals surface area contributed by atoms with Crippen molar-refractivity contribution < 1.29 is 18.9 Å². The van der Waals surface area contributed by atoms with Crippen molar-refractivity contribution in [3.8, 4) is 0 Å². The van der Waals surface area contributed by atoms with Crippen LogP contribution in [-0.4, -0.2) is 12.5 Å². The number of carbonyl (C=O) groups is 1. The van der Waals surface area contributed by atoms with E-state index >= 15 is 0 Å². The molecule has 0 radical (unpaired) electrons. The molecule has 0 saturated heterocycles. The Kier molecular flexibility index (Phi) is 5.46. The molecule has 0 aliphatic heterocycles. The summed E-state index contributed by atoms with van der Waals surface area (Å²) < 4.78 is 26.9. The van der Waals surface area contributed by atoms with Gasteiger partial charge in [0.2, 0.25) is 0 Å². The molecule has 116 valence electrons. The third-order valence-corrected chi connectivity index (χ3v) is 3.53. The number of anilines is 1. The van der Waals surface area contributed by atoms with Crippen LogP contribution in [-0.2, 0) is 4.79 Å². The van der Waals surface area contributed by atoms with Gasteiger partial charge in [-0.1, -0.05) is 29.8 Å². The highest BCUT2D eigenvalue weighted by atomic mass is 35.5. The minimum absolute atomic E-state index is 0.0217. The summed E-state index contributed by atoms with van der Waals surface area (Å²) in [6, 6.07) is 10.8. The van der Waals surface area contributed by atoms with Crippen LogP contribution in [0.3, 0.4) is 0 Å². The Labute approximate surface area is 132 Å². The molecule has 0 aliphatic rings. The molecule has 22 heavy (non-hydrogen) atoms. The molecule has 0 fully saturated rings. The van der Waals surface area contributed by atoms with E-state index in [4.69, 9.17) is 11.6 Å². The van der Waals surface area contributed by atoms with Gasteiger partial charge < -0.3 is 10.6 Å². The van der Waals surface area contributed by atoms with Gasteiger partial charge in [-0.2, -0.15) is 0 Å². The number of nitrogens with two attached hydrogens (primary N) is 1. The molecule has 0 bridgehead atoms. The standard InChI is InChI=1S/C16H15ClF2N2O/c1-10(11-5-7-12(17)8-6-11)20-9-15(22)21-16-13(18)3-2-4-14(16)19/h2-8,10,20H,9H2,1H3,(H,21,22)/p+1/t10-/m0/s1. The quantitative estimate of drug-likeness (QED) is 0.872. The average Bonchev–Trinajstić information content (AvgIpc) is 2.49. The summed E-state index contributed by atoms with van der Waals surface area (Å²) in [5.41, 5.74) is 0.592. The van der Waals surface area contributed by atoms with Gasteiger partial charge in [0.25, 0.3) is 5.91 Å². The van der Waals surface area contributed by atoms with Crippen molar-refractivity contribution in [2.45, 2.75) is 13.0 Å². The van der Waals surface area contributed by atoms with E-state index in [1.807, 2.05) is 19.1 Å². The number of hydrogen-bond donors (Lipinski definition) is 2. The van der Waals surface area contributed by atoms with Gasteiger partial charge in [-0.25, -0.2) is 8.78 Å². The Bertz CT molecular complexity index is 641. The van der Waals surface area contributed by atoms with E-state index in [2.05, 4.69) is 5.32 Å². The normalized spacial score (nSPS) is 12.0. The smallest absolute Gasteiger partial charge is 0.279 e. The number of carbonyl (C=O) groups excluding carboxylic acids is 1. The van der Waals surface area contributed by atoms with Gasteiger partial charge in [0.05, 0.1) is 0 Å². The van der Waals surface area contributed by atoms with Crippen LogP contribution in [0.15, 0.2) is 42.5 Å². The number of halogens is 3. The average molecular weight is 326 g/mol. The summed E-state index contributed by atoms with van der Waals surface area (Å²) in [6.07, 6.45) is 0. The van der Waals surface area contributed by atoms with E-state index < -0.39 is 23.2 Å². The van der Waals surface area contributed by atoms with Crippen molar-refractivity contribution in [3.05, 3.63) is 64.7 Å². The largest absolute Gasteiger partial charge is 0.333 e. The summed E-state index contributed by atoms with van der Waals surface area (Å²) in [5.74, 6) is -2.05. The van der Waals surface area contributed by atoms with Crippen LogP contribution in [0.1, 0.15) is 18.5 Å². The third-order valence-electron chi connectivity index (χ3n) is 3.28. The Morgan fingerprint density at radius 2 is 1.77 bits per heavy atom. The molecule has 3 N–H and O–H groups in total. The molecule has 1 atom stereocenters. The van der Waals surface area contributed by atoms with Crippen LogP contribution in [0.2, 0.25) is 5.02 Å². The number of hydrogen-bond acceptors (Lipinski definition) is 1. The SMILES string of the molecule is C[C@H]([NH2+]CC(=O)Nc1c(F)cccc1F)c1ccc(Cl)cc1. The van der Waals surface area contributed by atoms with Crippen LogP contribution >= 0.6 is 11.6 Å². The first kappa shape index (κ1) is 16.4. The molecular formula is C16H16ClF2N2O+. The van der Waals surface area contributed by atoms with E-state index in [1.165, 1.54) is 6.07 Å². The summed E-state index contributed by atoms with van der Waals surface area (Å²) in [5, 5.41) is 4.67. The van der Waals surface area contributed by atoms with Gasteiger partial charge >= 0.3 is 0 Å². The van der Waals surface area contributed by atoms with Gasteiger partial charge in [0.1, 0.15) is 23.4 Å². The topological polar surface area (TPSA) is 45.7 Å². The minimum Gasteiger partial charge on any atom is -0.333 e. The summed E-state index contributed by atoms with van der Waals surface area (Å²) >= 11 is 5.82. The zero-order valence-corrected chi connectivity index (χ0v) is 12.7. The highest BCUT2D eigenvalue weighted by molar-refractivity contribution is 6.30. The van der Waals surface area contributed by atoms with Gasteiger partial charge in [-0.05, 0) is 31.2 Å². The Balaban J connectivity index is 1.91. The Hall–Kier alpha value is -1.98. The van der Waals surface area contributed by atoms with Gasteiger partial charge in [0, 0.05) is 10.6 Å². The second-order valence-corrected chi connectivity index (χ2v) is 5.36. The summed E-state index contributed by atoms with van der Waals surface area (Å²) in [7, 11) is 0. The van der Waals surface area contributed by atoms with Crippen LogP contribution in [0.4, 0.5) is 14.5 Å². The molecule has 0 unspecified atom stereocenters. The highest BCUT2D eigenvalue weighted by Gasteiger charge is 2.15. The molecule has 2 aromatic carbocycles. The van der Waals surface area contributed by atoms with Crippen LogP contribution in [0.25, 0.3) is 0 Å². The first-order chi connectivity index (χ1) is 10.5. The first-order valence-electron chi connectivity index (χ1n) is 6.80. The summed E-state index contributed by atoms with van der Waals surface area (Å²) in [6.45, 7) is 1.98. The highest BCUT2D eigenvalue weighted by Crippen LogP contribution is 2.17. The fraction of sp³-hybridized carbons (Fsp3) is 0.188. The maximum Gasteiger partial charge on any atom is 0.279 e. The molecule has 0 spiro atoms. The molecular weight excluding hydrogens is 310 g/mol. The lowest BCUT2D eigenvalue weighted by Crippen LogP contribution is -2.86. The number of rotatable bonds is 5. The van der Waals surface area contributed by atoms with Crippen molar-refractivity contribution >= 4 is 23.2 Å². The zero-order chi connectivity index (χ0) is 16.1. The lowest BCUT2D eigenvalue weighted by atomic mass is 10.1. The molecule has 2 aromatic rings. The molecule has 6 heteroatoms. The predicted octanol–water partition coefficient (Wildman–Crippen LogP) is 2.88. The Morgan fingerprint density at radius 1 is 1.18 bits per heavy atom. The van der Waals surface area contributed by atoms with E-state index in [1.54, 1.807) is 17.4 Å².